The van der Waals surface area contributed by atoms with Crippen molar-refractivity contribution in [3.8, 4) is 6.07 Å². The predicted molar refractivity (Wildman–Crippen MR) is 74.6 cm³/mol. The maximum absolute atomic E-state index is 13.6. The Labute approximate surface area is 120 Å². The Morgan fingerprint density at radius 2 is 1.95 bits per heavy atom. The van der Waals surface area contributed by atoms with Crippen LogP contribution in [0.25, 0.3) is 0 Å². The van der Waals surface area contributed by atoms with Crippen molar-refractivity contribution in [2.45, 2.75) is 13.5 Å². The van der Waals surface area contributed by atoms with Crippen molar-refractivity contribution in [2.24, 2.45) is 0 Å². The molecule has 0 aromatic heterocycles. The topological polar surface area (TPSA) is 35.8 Å². The van der Waals surface area contributed by atoms with E-state index < -0.39 is 11.6 Å². The number of hydrogen-bond donors (Lipinski definition) is 1. The number of anilines is 1. The van der Waals surface area contributed by atoms with Crippen LogP contribution in [-0.2, 0) is 6.54 Å². The molecule has 0 aliphatic heterocycles. The third-order valence-electron chi connectivity index (χ3n) is 2.95. The first-order valence-electron chi connectivity index (χ1n) is 5.89. The molecule has 1 N–H and O–H groups in total. The fourth-order valence-electron chi connectivity index (χ4n) is 1.80. The molecule has 0 amide bonds. The van der Waals surface area contributed by atoms with Crippen LogP contribution in [0.15, 0.2) is 30.3 Å². The lowest BCUT2D eigenvalue weighted by Crippen LogP contribution is -2.04. The Morgan fingerprint density at radius 1 is 1.20 bits per heavy atom. The van der Waals surface area contributed by atoms with Gasteiger partial charge in [-0.2, -0.15) is 5.26 Å². The van der Waals surface area contributed by atoms with Crippen LogP contribution in [0.3, 0.4) is 0 Å². The van der Waals surface area contributed by atoms with E-state index in [9.17, 15) is 8.78 Å². The Kier molecular flexibility index (Phi) is 4.21. The highest BCUT2D eigenvalue weighted by molar-refractivity contribution is 6.30. The molecular formula is C15H11ClF2N2. The lowest BCUT2D eigenvalue weighted by molar-refractivity contribution is 0.612. The summed E-state index contributed by atoms with van der Waals surface area (Å²) in [4.78, 5) is 0. The first-order chi connectivity index (χ1) is 9.51. The maximum Gasteiger partial charge on any atom is 0.129 e. The molecule has 2 rings (SSSR count). The van der Waals surface area contributed by atoms with Gasteiger partial charge in [0.05, 0.1) is 11.6 Å². The van der Waals surface area contributed by atoms with E-state index in [-0.39, 0.29) is 12.1 Å². The van der Waals surface area contributed by atoms with Crippen molar-refractivity contribution in [2.75, 3.05) is 5.32 Å². The second-order valence-corrected chi connectivity index (χ2v) is 4.77. The number of nitriles is 1. The number of halogens is 3. The summed E-state index contributed by atoms with van der Waals surface area (Å²) in [5.74, 6) is -0.866. The first kappa shape index (κ1) is 14.3. The van der Waals surface area contributed by atoms with Gasteiger partial charge >= 0.3 is 0 Å². The van der Waals surface area contributed by atoms with Crippen molar-refractivity contribution in [3.63, 3.8) is 0 Å². The van der Waals surface area contributed by atoms with Gasteiger partial charge in [0.2, 0.25) is 0 Å². The number of benzene rings is 2. The van der Waals surface area contributed by atoms with Gasteiger partial charge in [0, 0.05) is 28.4 Å². The van der Waals surface area contributed by atoms with Crippen LogP contribution in [0.5, 0.6) is 0 Å². The van der Waals surface area contributed by atoms with E-state index in [2.05, 4.69) is 5.32 Å². The van der Waals surface area contributed by atoms with Gasteiger partial charge in [-0.25, -0.2) is 8.78 Å². The zero-order valence-corrected chi connectivity index (χ0v) is 11.4. The molecule has 0 unspecified atom stereocenters. The largest absolute Gasteiger partial charge is 0.381 e. The second-order valence-electron chi connectivity index (χ2n) is 4.33. The van der Waals surface area contributed by atoms with E-state index in [0.717, 1.165) is 0 Å². The summed E-state index contributed by atoms with van der Waals surface area (Å²) in [6.45, 7) is 1.74. The molecule has 0 saturated heterocycles. The normalized spacial score (nSPS) is 10.2. The molecule has 0 fully saturated rings. The van der Waals surface area contributed by atoms with Gasteiger partial charge in [0.1, 0.15) is 11.6 Å². The Bertz CT molecular complexity index is 693. The minimum absolute atomic E-state index is 0.154. The molecule has 2 aromatic carbocycles. The van der Waals surface area contributed by atoms with Crippen LogP contribution < -0.4 is 5.32 Å². The van der Waals surface area contributed by atoms with Gasteiger partial charge < -0.3 is 5.32 Å². The minimum Gasteiger partial charge on any atom is -0.381 e. The molecule has 0 atom stereocenters. The highest BCUT2D eigenvalue weighted by Crippen LogP contribution is 2.22. The quantitative estimate of drug-likeness (QED) is 0.909. The van der Waals surface area contributed by atoms with Crippen molar-refractivity contribution in [3.05, 3.63) is 63.7 Å². The van der Waals surface area contributed by atoms with Crippen molar-refractivity contribution in [1.82, 2.24) is 0 Å². The van der Waals surface area contributed by atoms with Crippen LogP contribution >= 0.6 is 11.6 Å². The van der Waals surface area contributed by atoms with Crippen molar-refractivity contribution in [1.29, 1.82) is 5.26 Å². The minimum atomic E-state index is -0.474. The molecule has 0 radical (unpaired) electrons. The van der Waals surface area contributed by atoms with Crippen LogP contribution in [-0.4, -0.2) is 0 Å². The molecule has 0 spiro atoms. The summed E-state index contributed by atoms with van der Waals surface area (Å²) in [5.41, 5.74) is 1.43. The number of hydrogen-bond acceptors (Lipinski definition) is 2. The van der Waals surface area contributed by atoms with E-state index in [0.29, 0.717) is 21.8 Å². The Morgan fingerprint density at radius 3 is 2.65 bits per heavy atom. The molecule has 0 heterocycles. The highest BCUT2D eigenvalue weighted by Gasteiger charge is 2.08. The molecule has 0 aliphatic carbocycles. The van der Waals surface area contributed by atoms with E-state index in [1.807, 2.05) is 6.07 Å². The summed E-state index contributed by atoms with van der Waals surface area (Å²) < 4.78 is 27.2. The van der Waals surface area contributed by atoms with Crippen LogP contribution in [0.1, 0.15) is 16.7 Å². The Hall–Kier alpha value is -2.12. The van der Waals surface area contributed by atoms with E-state index in [1.165, 1.54) is 30.3 Å². The summed E-state index contributed by atoms with van der Waals surface area (Å²) in [7, 11) is 0. The number of nitrogens with one attached hydrogen (secondary N) is 1. The summed E-state index contributed by atoms with van der Waals surface area (Å²) in [6, 6.07) is 8.81. The fourth-order valence-corrected chi connectivity index (χ4v) is 1.99. The summed E-state index contributed by atoms with van der Waals surface area (Å²) in [6.07, 6.45) is 0. The SMILES string of the molecule is Cc1c(F)cc(C#N)cc1NCc1cc(Cl)ccc1F. The molecular weight excluding hydrogens is 282 g/mol. The van der Waals surface area contributed by atoms with Gasteiger partial charge in [-0.3, -0.25) is 0 Å². The molecule has 5 heteroatoms. The van der Waals surface area contributed by atoms with Crippen LogP contribution in [0.2, 0.25) is 5.02 Å². The molecule has 102 valence electrons. The van der Waals surface area contributed by atoms with Crippen LogP contribution in [0.4, 0.5) is 14.5 Å². The fraction of sp³-hybridized carbons (Fsp3) is 0.133. The van der Waals surface area contributed by atoms with Crippen LogP contribution in [0, 0.1) is 29.9 Å². The smallest absolute Gasteiger partial charge is 0.129 e. The number of nitrogens with zero attached hydrogens (tertiary/aromatic N) is 1. The highest BCUT2D eigenvalue weighted by atomic mass is 35.5. The molecule has 20 heavy (non-hydrogen) atoms. The van der Waals surface area contributed by atoms with E-state index in [1.54, 1.807) is 6.92 Å². The van der Waals surface area contributed by atoms with Gasteiger partial charge in [0.25, 0.3) is 0 Å². The van der Waals surface area contributed by atoms with E-state index >= 15 is 0 Å². The summed E-state index contributed by atoms with van der Waals surface area (Å²) in [5, 5.41) is 12.2. The van der Waals surface area contributed by atoms with Gasteiger partial charge in [-0.1, -0.05) is 11.6 Å². The first-order valence-corrected chi connectivity index (χ1v) is 6.27. The molecule has 0 bridgehead atoms. The molecule has 0 aliphatic rings. The zero-order valence-electron chi connectivity index (χ0n) is 10.7. The van der Waals surface area contributed by atoms with Gasteiger partial charge in [0.15, 0.2) is 0 Å². The number of rotatable bonds is 3. The third-order valence-corrected chi connectivity index (χ3v) is 3.19. The lowest BCUT2D eigenvalue weighted by Gasteiger charge is -2.11. The maximum atomic E-state index is 13.6. The van der Waals surface area contributed by atoms with E-state index in [4.69, 9.17) is 16.9 Å². The molecule has 0 saturated carbocycles. The molecule has 2 aromatic rings. The lowest BCUT2D eigenvalue weighted by atomic mass is 10.1. The predicted octanol–water partition coefficient (Wildman–Crippen LogP) is 4.41. The summed E-state index contributed by atoms with van der Waals surface area (Å²) >= 11 is 5.81. The second kappa shape index (κ2) is 5.89. The van der Waals surface area contributed by atoms with Crippen molar-refractivity contribution < 1.29 is 8.78 Å². The third kappa shape index (κ3) is 3.06. The van der Waals surface area contributed by atoms with Gasteiger partial charge in [-0.05, 0) is 37.3 Å². The average Bonchev–Trinajstić information content (AvgIpc) is 2.43. The van der Waals surface area contributed by atoms with Crippen molar-refractivity contribution >= 4 is 17.3 Å². The standard InChI is InChI=1S/C15H11ClF2N2/c1-9-14(18)4-10(7-19)5-15(9)20-8-11-6-12(16)2-3-13(11)17/h2-6,20H,8H2,1H3. The monoisotopic (exact) mass is 292 g/mol. The van der Waals surface area contributed by atoms with Gasteiger partial charge in [-0.15, -0.1) is 0 Å². The molecule has 2 nitrogen and oxygen atoms in total. The zero-order chi connectivity index (χ0) is 14.7. The Balaban J connectivity index is 2.25. The average molecular weight is 293 g/mol.